The Balaban J connectivity index is 2.75. The molecule has 1 aromatic rings. The van der Waals surface area contributed by atoms with Gasteiger partial charge in [0, 0.05) is 12.0 Å². The van der Waals surface area contributed by atoms with Crippen molar-refractivity contribution in [2.45, 2.75) is 32.7 Å². The Labute approximate surface area is 107 Å². The highest BCUT2D eigenvalue weighted by Crippen LogP contribution is 2.10. The van der Waals surface area contributed by atoms with Gasteiger partial charge in [-0.1, -0.05) is 36.8 Å². The Morgan fingerprint density at radius 2 is 1.89 bits per heavy atom. The highest BCUT2D eigenvalue weighted by Gasteiger charge is 2.19. The molecule has 0 heterocycles. The van der Waals surface area contributed by atoms with Crippen molar-refractivity contribution < 1.29 is 14.7 Å². The highest BCUT2D eigenvalue weighted by atomic mass is 16.4. The number of hydrogen-bond acceptors (Lipinski definition) is 3. The average molecular weight is 249 g/mol. The van der Waals surface area contributed by atoms with E-state index in [9.17, 15) is 9.59 Å². The number of likely N-dealkylation sites (N-methyl/N-ethyl adjacent to an activating group) is 1. The van der Waals surface area contributed by atoms with E-state index >= 15 is 0 Å². The van der Waals surface area contributed by atoms with Crippen molar-refractivity contribution in [3.05, 3.63) is 35.4 Å². The molecule has 1 unspecified atom stereocenters. The number of ketones is 1. The van der Waals surface area contributed by atoms with Crippen LogP contribution < -0.4 is 5.32 Å². The van der Waals surface area contributed by atoms with Crippen LogP contribution in [0.3, 0.4) is 0 Å². The Hall–Kier alpha value is -1.68. The van der Waals surface area contributed by atoms with Gasteiger partial charge in [-0.3, -0.25) is 9.59 Å². The zero-order valence-corrected chi connectivity index (χ0v) is 10.8. The van der Waals surface area contributed by atoms with Crippen LogP contribution in [-0.2, 0) is 4.79 Å². The molecule has 0 spiro atoms. The maximum atomic E-state index is 12.2. The van der Waals surface area contributed by atoms with E-state index in [0.717, 1.165) is 5.56 Å². The molecule has 4 heteroatoms. The fourth-order valence-corrected chi connectivity index (χ4v) is 1.76. The summed E-state index contributed by atoms with van der Waals surface area (Å²) >= 11 is 0. The van der Waals surface area contributed by atoms with Crippen LogP contribution in [0, 0.1) is 6.92 Å². The fourth-order valence-electron chi connectivity index (χ4n) is 1.76. The van der Waals surface area contributed by atoms with E-state index in [2.05, 4.69) is 5.32 Å². The molecular weight excluding hydrogens is 230 g/mol. The second-order valence-electron chi connectivity index (χ2n) is 4.27. The van der Waals surface area contributed by atoms with Gasteiger partial charge in [0.05, 0.1) is 6.04 Å². The predicted octanol–water partition coefficient (Wildman–Crippen LogP) is 2.02. The number of nitrogens with one attached hydrogen (secondary N) is 1. The van der Waals surface area contributed by atoms with Crippen molar-refractivity contribution in [1.82, 2.24) is 5.32 Å². The molecule has 0 amide bonds. The molecule has 0 aliphatic carbocycles. The number of aryl methyl sites for hydroxylation is 1. The van der Waals surface area contributed by atoms with Gasteiger partial charge in [-0.2, -0.15) is 0 Å². The van der Waals surface area contributed by atoms with Crippen LogP contribution >= 0.6 is 0 Å². The van der Waals surface area contributed by atoms with Crippen LogP contribution in [0.4, 0.5) is 0 Å². The van der Waals surface area contributed by atoms with Crippen molar-refractivity contribution in [2.24, 2.45) is 0 Å². The normalized spacial score (nSPS) is 12.1. The van der Waals surface area contributed by atoms with E-state index < -0.39 is 12.0 Å². The molecule has 0 radical (unpaired) electrons. The summed E-state index contributed by atoms with van der Waals surface area (Å²) in [5.74, 6) is -0.923. The number of carboxylic acid groups (broad SMARTS) is 1. The van der Waals surface area contributed by atoms with Crippen LogP contribution in [0.2, 0.25) is 0 Å². The monoisotopic (exact) mass is 249 g/mol. The predicted molar refractivity (Wildman–Crippen MR) is 69.8 cm³/mol. The van der Waals surface area contributed by atoms with Crippen molar-refractivity contribution in [2.75, 3.05) is 6.54 Å². The molecule has 4 nitrogen and oxygen atoms in total. The van der Waals surface area contributed by atoms with Gasteiger partial charge in [-0.25, -0.2) is 0 Å². The van der Waals surface area contributed by atoms with Crippen molar-refractivity contribution in [3.8, 4) is 0 Å². The van der Waals surface area contributed by atoms with Crippen molar-refractivity contribution >= 4 is 11.8 Å². The third-order valence-corrected chi connectivity index (χ3v) is 2.75. The maximum Gasteiger partial charge on any atom is 0.303 e. The number of carbonyl (C=O) groups is 2. The SMILES string of the molecule is CCNC(CCC(=O)O)C(=O)c1ccc(C)cc1. The van der Waals surface area contributed by atoms with Crippen LogP contribution in [0.5, 0.6) is 0 Å². The smallest absolute Gasteiger partial charge is 0.303 e. The molecule has 0 bridgehead atoms. The van der Waals surface area contributed by atoms with Gasteiger partial charge in [-0.15, -0.1) is 0 Å². The van der Waals surface area contributed by atoms with Crippen LogP contribution in [-0.4, -0.2) is 29.4 Å². The molecule has 0 aliphatic rings. The first kappa shape index (κ1) is 14.4. The molecule has 0 aliphatic heterocycles. The minimum Gasteiger partial charge on any atom is -0.481 e. The van der Waals surface area contributed by atoms with Gasteiger partial charge >= 0.3 is 5.97 Å². The minimum atomic E-state index is -0.880. The summed E-state index contributed by atoms with van der Waals surface area (Å²) in [5, 5.41) is 11.7. The summed E-state index contributed by atoms with van der Waals surface area (Å²) in [6, 6.07) is 6.90. The Morgan fingerprint density at radius 1 is 1.28 bits per heavy atom. The number of carbonyl (C=O) groups excluding carboxylic acids is 1. The van der Waals surface area contributed by atoms with Gasteiger partial charge in [0.1, 0.15) is 0 Å². The number of hydrogen-bond donors (Lipinski definition) is 2. The zero-order valence-electron chi connectivity index (χ0n) is 10.8. The molecule has 1 rings (SSSR count). The molecule has 0 fully saturated rings. The van der Waals surface area contributed by atoms with Gasteiger partial charge in [0.25, 0.3) is 0 Å². The number of rotatable bonds is 7. The second kappa shape index (κ2) is 6.91. The molecule has 1 atom stereocenters. The van der Waals surface area contributed by atoms with E-state index in [0.29, 0.717) is 18.5 Å². The highest BCUT2D eigenvalue weighted by molar-refractivity contribution is 6.00. The summed E-state index contributed by atoms with van der Waals surface area (Å²) in [7, 11) is 0. The number of carboxylic acids is 1. The maximum absolute atomic E-state index is 12.2. The fraction of sp³-hybridized carbons (Fsp3) is 0.429. The Bertz CT molecular complexity index is 412. The average Bonchev–Trinajstić information content (AvgIpc) is 2.34. The molecule has 18 heavy (non-hydrogen) atoms. The largest absolute Gasteiger partial charge is 0.481 e. The van der Waals surface area contributed by atoms with Gasteiger partial charge < -0.3 is 10.4 Å². The van der Waals surface area contributed by atoms with Crippen LogP contribution in [0.25, 0.3) is 0 Å². The lowest BCUT2D eigenvalue weighted by Gasteiger charge is -2.15. The quantitative estimate of drug-likeness (QED) is 0.725. The molecule has 0 saturated carbocycles. The van der Waals surface area contributed by atoms with E-state index in [-0.39, 0.29) is 12.2 Å². The summed E-state index contributed by atoms with van der Waals surface area (Å²) in [5.41, 5.74) is 1.72. The third-order valence-electron chi connectivity index (χ3n) is 2.75. The summed E-state index contributed by atoms with van der Waals surface area (Å²) < 4.78 is 0. The third kappa shape index (κ3) is 4.30. The van der Waals surface area contributed by atoms with Crippen LogP contribution in [0.1, 0.15) is 35.7 Å². The first-order valence-corrected chi connectivity index (χ1v) is 6.10. The summed E-state index contributed by atoms with van der Waals surface area (Å²) in [6.07, 6.45) is 0.311. The summed E-state index contributed by atoms with van der Waals surface area (Å²) in [4.78, 5) is 22.8. The van der Waals surface area contributed by atoms with E-state index in [1.807, 2.05) is 26.0 Å². The standard InChI is InChI=1S/C14H19NO3/c1-3-15-12(8-9-13(16)17)14(18)11-6-4-10(2)5-7-11/h4-7,12,15H,3,8-9H2,1-2H3,(H,16,17). The molecule has 1 aromatic carbocycles. The number of Topliss-reactive ketones (excluding diaryl/α,β-unsaturated/α-hetero) is 1. The molecule has 0 aromatic heterocycles. The number of aliphatic carboxylic acids is 1. The van der Waals surface area contributed by atoms with Crippen molar-refractivity contribution in [1.29, 1.82) is 0 Å². The molecule has 98 valence electrons. The lowest BCUT2D eigenvalue weighted by molar-refractivity contribution is -0.137. The zero-order chi connectivity index (χ0) is 13.5. The lowest BCUT2D eigenvalue weighted by Crippen LogP contribution is -2.37. The molecule has 0 saturated heterocycles. The van der Waals surface area contributed by atoms with Crippen LogP contribution in [0.15, 0.2) is 24.3 Å². The number of benzene rings is 1. The summed E-state index contributed by atoms with van der Waals surface area (Å²) in [6.45, 7) is 4.50. The Kier molecular flexibility index (Phi) is 5.52. The van der Waals surface area contributed by atoms with Gasteiger partial charge in [0.15, 0.2) is 5.78 Å². The Morgan fingerprint density at radius 3 is 2.39 bits per heavy atom. The van der Waals surface area contributed by atoms with Gasteiger partial charge in [0.2, 0.25) is 0 Å². The topological polar surface area (TPSA) is 66.4 Å². The minimum absolute atomic E-state index is 0.00469. The van der Waals surface area contributed by atoms with Gasteiger partial charge in [-0.05, 0) is 19.9 Å². The van der Waals surface area contributed by atoms with Crippen molar-refractivity contribution in [3.63, 3.8) is 0 Å². The first-order chi connectivity index (χ1) is 8.54. The van der Waals surface area contributed by atoms with E-state index in [1.54, 1.807) is 12.1 Å². The molecular formula is C14H19NO3. The lowest BCUT2D eigenvalue weighted by atomic mass is 9.99. The first-order valence-electron chi connectivity index (χ1n) is 6.10. The van der Waals surface area contributed by atoms with E-state index in [4.69, 9.17) is 5.11 Å². The molecule has 2 N–H and O–H groups in total. The van der Waals surface area contributed by atoms with E-state index in [1.165, 1.54) is 0 Å². The second-order valence-corrected chi connectivity index (χ2v) is 4.27.